The summed E-state index contributed by atoms with van der Waals surface area (Å²) in [6.07, 6.45) is 0. The van der Waals surface area contributed by atoms with Crippen LogP contribution in [0.2, 0.25) is 0 Å². The van der Waals surface area contributed by atoms with E-state index in [0.717, 1.165) is 54.8 Å². The highest BCUT2D eigenvalue weighted by Gasteiger charge is 2.18. The van der Waals surface area contributed by atoms with E-state index in [9.17, 15) is 4.79 Å². The van der Waals surface area contributed by atoms with Crippen LogP contribution in [-0.4, -0.2) is 11.5 Å². The third kappa shape index (κ3) is 2.15. The Hall–Kier alpha value is -3.85. The number of pyridine rings is 1. The molecule has 0 N–H and O–H groups in total. The molecule has 0 aliphatic heterocycles. The minimum atomic E-state index is 0.0192. The first kappa shape index (κ1) is 16.1. The number of methoxy groups -OCH3 is 1. The molecule has 0 fully saturated rings. The van der Waals surface area contributed by atoms with Gasteiger partial charge in [0.1, 0.15) is 5.75 Å². The van der Waals surface area contributed by atoms with E-state index < -0.39 is 0 Å². The lowest BCUT2D eigenvalue weighted by Crippen LogP contribution is -2.12. The second-order valence-electron chi connectivity index (χ2n) is 7.36. The van der Waals surface area contributed by atoms with Gasteiger partial charge in [0, 0.05) is 21.5 Å². The van der Waals surface area contributed by atoms with Crippen LogP contribution in [0, 0.1) is 0 Å². The maximum Gasteiger partial charge on any atom is 0.263 e. The number of hydrogen-bond donors (Lipinski definition) is 0. The van der Waals surface area contributed by atoms with Crippen LogP contribution >= 0.6 is 0 Å². The zero-order chi connectivity index (χ0) is 19.5. The van der Waals surface area contributed by atoms with E-state index in [-0.39, 0.29) is 5.56 Å². The molecule has 0 amide bonds. The molecule has 0 saturated heterocycles. The van der Waals surface area contributed by atoms with Crippen LogP contribution in [0.1, 0.15) is 0 Å². The molecular weight excluding hydrogens is 358 g/mol. The predicted octanol–water partition coefficient (Wildman–Crippen LogP) is 5.87. The summed E-state index contributed by atoms with van der Waals surface area (Å²) in [5, 5.41) is 4.91. The van der Waals surface area contributed by atoms with Crippen molar-refractivity contribution in [3.05, 3.63) is 95.3 Å². The van der Waals surface area contributed by atoms with Gasteiger partial charge in [0.25, 0.3) is 5.56 Å². The van der Waals surface area contributed by atoms with Crippen LogP contribution in [0.4, 0.5) is 0 Å². The van der Waals surface area contributed by atoms with Gasteiger partial charge in [0.05, 0.1) is 18.1 Å². The van der Waals surface area contributed by atoms with Crippen molar-refractivity contribution < 1.29 is 4.74 Å². The minimum absolute atomic E-state index is 0.0192. The van der Waals surface area contributed by atoms with Gasteiger partial charge in [-0.3, -0.25) is 9.20 Å². The van der Waals surface area contributed by atoms with Crippen LogP contribution in [0.5, 0.6) is 5.75 Å². The Labute approximate surface area is 166 Å². The van der Waals surface area contributed by atoms with Crippen molar-refractivity contribution in [1.29, 1.82) is 0 Å². The Kier molecular flexibility index (Phi) is 3.24. The van der Waals surface area contributed by atoms with Crippen molar-refractivity contribution in [3.8, 4) is 16.9 Å². The van der Waals surface area contributed by atoms with Gasteiger partial charge in [-0.05, 0) is 52.9 Å². The third-order valence-electron chi connectivity index (χ3n) is 5.83. The quantitative estimate of drug-likeness (QED) is 0.354. The fourth-order valence-corrected chi connectivity index (χ4v) is 4.49. The monoisotopic (exact) mass is 375 g/mol. The van der Waals surface area contributed by atoms with Gasteiger partial charge < -0.3 is 4.74 Å². The predicted molar refractivity (Wildman–Crippen MR) is 119 cm³/mol. The number of aromatic nitrogens is 1. The Morgan fingerprint density at radius 2 is 1.34 bits per heavy atom. The normalized spacial score (nSPS) is 11.8. The summed E-state index contributed by atoms with van der Waals surface area (Å²) in [4.78, 5) is 13.4. The summed E-state index contributed by atoms with van der Waals surface area (Å²) in [5.41, 5.74) is 4.19. The molecule has 3 nitrogen and oxygen atoms in total. The summed E-state index contributed by atoms with van der Waals surface area (Å²) in [6.45, 7) is 0. The molecule has 2 heterocycles. The molecule has 0 aliphatic carbocycles. The van der Waals surface area contributed by atoms with E-state index in [0.29, 0.717) is 0 Å². The van der Waals surface area contributed by atoms with Gasteiger partial charge in [-0.25, -0.2) is 0 Å². The molecule has 0 bridgehead atoms. The molecule has 138 valence electrons. The van der Waals surface area contributed by atoms with E-state index in [1.807, 2.05) is 52.9 Å². The van der Waals surface area contributed by atoms with Crippen molar-refractivity contribution in [2.24, 2.45) is 0 Å². The first-order valence-electron chi connectivity index (χ1n) is 9.62. The van der Waals surface area contributed by atoms with E-state index in [1.165, 1.54) is 0 Å². The molecule has 0 aliphatic rings. The van der Waals surface area contributed by atoms with Gasteiger partial charge in [-0.15, -0.1) is 0 Å². The van der Waals surface area contributed by atoms with E-state index in [1.54, 1.807) is 7.11 Å². The molecule has 0 spiro atoms. The summed E-state index contributed by atoms with van der Waals surface area (Å²) in [5.74, 6) is 0.785. The van der Waals surface area contributed by atoms with Crippen molar-refractivity contribution in [3.63, 3.8) is 0 Å². The summed E-state index contributed by atoms with van der Waals surface area (Å²) in [7, 11) is 1.67. The first-order valence-corrected chi connectivity index (χ1v) is 9.62. The molecule has 0 unspecified atom stereocenters. The topological polar surface area (TPSA) is 30.7 Å². The van der Waals surface area contributed by atoms with Gasteiger partial charge in [-0.2, -0.15) is 0 Å². The molecule has 2 aromatic heterocycles. The lowest BCUT2D eigenvalue weighted by atomic mass is 9.97. The standard InChI is InChI=1S/C26H17NO2/c1-29-18-11-12-24-21(15-18)23-14-17(16-7-3-2-4-8-16)13-22-19-9-5-6-10-20(19)26(28)27(24)25(22)23/h2-15H,1H3. The molecule has 6 rings (SSSR count). The second-order valence-corrected chi connectivity index (χ2v) is 7.36. The average Bonchev–Trinajstić information content (AvgIpc) is 3.12. The molecule has 29 heavy (non-hydrogen) atoms. The smallest absolute Gasteiger partial charge is 0.263 e. The Bertz CT molecular complexity index is 1600. The highest BCUT2D eigenvalue weighted by molar-refractivity contribution is 6.21. The Balaban J connectivity index is 1.93. The van der Waals surface area contributed by atoms with Crippen molar-refractivity contribution >= 4 is 38.0 Å². The largest absolute Gasteiger partial charge is 0.497 e. The van der Waals surface area contributed by atoms with Crippen molar-refractivity contribution in [2.75, 3.05) is 7.11 Å². The third-order valence-corrected chi connectivity index (χ3v) is 5.83. The highest BCUT2D eigenvalue weighted by atomic mass is 16.5. The molecule has 3 heteroatoms. The zero-order valence-corrected chi connectivity index (χ0v) is 15.8. The Morgan fingerprint density at radius 1 is 0.655 bits per heavy atom. The van der Waals surface area contributed by atoms with Crippen LogP contribution < -0.4 is 10.3 Å². The average molecular weight is 375 g/mol. The zero-order valence-electron chi connectivity index (χ0n) is 15.8. The summed E-state index contributed by atoms with van der Waals surface area (Å²) >= 11 is 0. The number of nitrogens with zero attached hydrogens (tertiary/aromatic N) is 1. The highest BCUT2D eigenvalue weighted by Crippen LogP contribution is 2.38. The molecule has 4 aromatic carbocycles. The number of ether oxygens (including phenoxy) is 1. The van der Waals surface area contributed by atoms with Gasteiger partial charge in [-0.1, -0.05) is 48.5 Å². The number of hydrogen-bond acceptors (Lipinski definition) is 2. The lowest BCUT2D eigenvalue weighted by Gasteiger charge is -2.09. The van der Waals surface area contributed by atoms with E-state index in [4.69, 9.17) is 4.74 Å². The van der Waals surface area contributed by atoms with Crippen molar-refractivity contribution in [1.82, 2.24) is 4.40 Å². The van der Waals surface area contributed by atoms with Gasteiger partial charge in [0.2, 0.25) is 0 Å². The van der Waals surface area contributed by atoms with Crippen LogP contribution in [0.25, 0.3) is 49.1 Å². The fraction of sp³-hybridized carbons (Fsp3) is 0.0385. The van der Waals surface area contributed by atoms with Gasteiger partial charge >= 0.3 is 0 Å². The number of benzene rings is 4. The maximum atomic E-state index is 13.4. The minimum Gasteiger partial charge on any atom is -0.497 e. The Morgan fingerprint density at radius 3 is 2.10 bits per heavy atom. The summed E-state index contributed by atoms with van der Waals surface area (Å²) < 4.78 is 7.33. The number of fused-ring (bicyclic) bond motifs is 5. The molecule has 0 saturated carbocycles. The molecule has 0 radical (unpaired) electrons. The van der Waals surface area contributed by atoms with Crippen LogP contribution in [0.3, 0.4) is 0 Å². The SMILES string of the molecule is COc1ccc2c(c1)c1cc(-c3ccccc3)cc3c4ccccc4c(=O)n2c31. The lowest BCUT2D eigenvalue weighted by molar-refractivity contribution is 0.415. The van der Waals surface area contributed by atoms with Gasteiger partial charge in [0.15, 0.2) is 0 Å². The first-order chi connectivity index (χ1) is 14.3. The number of rotatable bonds is 2. The van der Waals surface area contributed by atoms with E-state index in [2.05, 4.69) is 36.4 Å². The van der Waals surface area contributed by atoms with Crippen LogP contribution in [-0.2, 0) is 0 Å². The van der Waals surface area contributed by atoms with Crippen molar-refractivity contribution in [2.45, 2.75) is 0 Å². The molecule has 6 aromatic rings. The molecule has 0 atom stereocenters. The van der Waals surface area contributed by atoms with E-state index >= 15 is 0 Å². The maximum absolute atomic E-state index is 13.4. The summed E-state index contributed by atoms with van der Waals surface area (Å²) in [6, 6.07) is 28.5. The second kappa shape index (κ2) is 5.82. The van der Waals surface area contributed by atoms with Crippen LogP contribution in [0.15, 0.2) is 89.7 Å². The molecular formula is C26H17NO2. The fourth-order valence-electron chi connectivity index (χ4n) is 4.49.